The number of hydrogen-bond donors (Lipinski definition) is 3. The quantitative estimate of drug-likeness (QED) is 0.155. The van der Waals surface area contributed by atoms with Gasteiger partial charge in [0.25, 0.3) is 0 Å². The summed E-state index contributed by atoms with van der Waals surface area (Å²) >= 11 is 0. The van der Waals surface area contributed by atoms with E-state index in [2.05, 4.69) is 11.3 Å². The van der Waals surface area contributed by atoms with Gasteiger partial charge in [-0.25, -0.2) is 14.4 Å². The van der Waals surface area contributed by atoms with Gasteiger partial charge in [0.15, 0.2) is 19.6 Å². The summed E-state index contributed by atoms with van der Waals surface area (Å²) in [7, 11) is 0. The van der Waals surface area contributed by atoms with Crippen molar-refractivity contribution >= 4 is 23.9 Å². The zero-order valence-corrected chi connectivity index (χ0v) is 19.6. The largest absolute Gasteiger partial charge is 1.00 e. The van der Waals surface area contributed by atoms with E-state index in [-0.39, 0.29) is 99.1 Å². The number of quaternary nitrogens is 1. The number of carboxylic acids is 3. The predicted octanol–water partition coefficient (Wildman–Crippen LogP) is -11.1. The Morgan fingerprint density at radius 1 is 1.00 bits per heavy atom. The Balaban J connectivity index is -0.0000000771. The van der Waals surface area contributed by atoms with Crippen molar-refractivity contribution in [2.45, 2.75) is 0 Å². The van der Waals surface area contributed by atoms with Gasteiger partial charge in [0.05, 0.1) is 12.2 Å². The van der Waals surface area contributed by atoms with Gasteiger partial charge in [-0.3, -0.25) is 4.48 Å². The summed E-state index contributed by atoms with van der Waals surface area (Å²) in [6.45, 7) is -0.312. The molecule has 0 saturated heterocycles. The Hall–Kier alpha value is 0.540. The van der Waals surface area contributed by atoms with E-state index in [9.17, 15) is 24.3 Å². The van der Waals surface area contributed by atoms with E-state index in [1.807, 2.05) is 0 Å². The zero-order chi connectivity index (χ0) is 15.1. The van der Waals surface area contributed by atoms with E-state index in [1.165, 1.54) is 0 Å². The second-order valence-electron chi connectivity index (χ2n) is 3.79. The molecule has 0 heterocycles. The molecule has 0 rings (SSSR count). The summed E-state index contributed by atoms with van der Waals surface area (Å²) in [4.78, 5) is 43.4. The van der Waals surface area contributed by atoms with Crippen LogP contribution >= 0.6 is 0 Å². The van der Waals surface area contributed by atoms with Crippen LogP contribution in [0.5, 0.6) is 0 Å². The average molecular weight is 364 g/mol. The van der Waals surface area contributed by atoms with Crippen molar-refractivity contribution in [1.29, 1.82) is 0 Å². The van der Waals surface area contributed by atoms with Gasteiger partial charge >= 0.3 is 107 Å². The predicted molar refractivity (Wildman–Crippen MR) is 64.7 cm³/mol. The smallest absolute Gasteiger partial charge is 1.00 e. The summed E-state index contributed by atoms with van der Waals surface area (Å²) in [5, 5.41) is 28.1. The first-order chi connectivity index (χ1) is 8.70. The number of carbonyl (C=O) groups excluding carboxylic acids is 2. The summed E-state index contributed by atoms with van der Waals surface area (Å²) < 4.78 is 3.31. The van der Waals surface area contributed by atoms with E-state index in [0.29, 0.717) is 0 Å². The van der Waals surface area contributed by atoms with Crippen LogP contribution in [0.25, 0.3) is 0 Å². The van der Waals surface area contributed by atoms with Gasteiger partial charge < -0.3 is 35.3 Å². The molecule has 120 valence electrons. The zero-order valence-electron chi connectivity index (χ0n) is 16.6. The second kappa shape index (κ2) is 17.4. The maximum absolute atomic E-state index is 11.3. The van der Waals surface area contributed by atoms with Gasteiger partial charge in [0.2, 0.25) is 0 Å². The summed E-state index contributed by atoms with van der Waals surface area (Å²) in [5.74, 6) is -5.56. The van der Waals surface area contributed by atoms with Crippen molar-refractivity contribution in [2.75, 3.05) is 26.2 Å². The van der Waals surface area contributed by atoms with Crippen molar-refractivity contribution < 1.29 is 137 Å². The van der Waals surface area contributed by atoms with Crippen molar-refractivity contribution in [3.05, 3.63) is 12.8 Å². The molecular weight excluding hydrogens is 345 g/mol. The normalized spacial score (nSPS) is 8.70. The monoisotopic (exact) mass is 364 g/mol. The van der Waals surface area contributed by atoms with E-state index < -0.39 is 54.5 Å². The molecule has 0 saturated carbocycles. The first kappa shape index (κ1) is 34.8. The molecular formula is C10H19N2Na3O8. The van der Waals surface area contributed by atoms with Gasteiger partial charge in [0, 0.05) is 0 Å². The number of rotatable bonds is 9. The summed E-state index contributed by atoms with van der Waals surface area (Å²) in [5.41, 5.74) is 0. The minimum absolute atomic E-state index is 0. The molecule has 13 heteroatoms. The fourth-order valence-electron chi connectivity index (χ4n) is 1.59. The van der Waals surface area contributed by atoms with Gasteiger partial charge in [0.1, 0.15) is 6.54 Å². The maximum Gasteiger partial charge on any atom is 1.00 e. The van der Waals surface area contributed by atoms with Crippen LogP contribution in [0.4, 0.5) is 0 Å². The third-order valence-electron chi connectivity index (χ3n) is 2.09. The van der Waals surface area contributed by atoms with Crippen LogP contribution in [0.3, 0.4) is 0 Å². The molecule has 0 aromatic carbocycles. The number of nitrogens with zero attached hydrogens (tertiary/aromatic N) is 1. The molecule has 0 bridgehead atoms. The Morgan fingerprint density at radius 2 is 1.39 bits per heavy atom. The first-order valence-corrected chi connectivity index (χ1v) is 5.00. The fourth-order valence-corrected chi connectivity index (χ4v) is 1.59. The second-order valence-corrected chi connectivity index (χ2v) is 3.79. The molecule has 0 spiro atoms. The van der Waals surface area contributed by atoms with Crippen molar-refractivity contribution in [2.24, 2.45) is 0 Å². The summed E-state index contributed by atoms with van der Waals surface area (Å²) in [6, 6.07) is 0. The topological polar surface area (TPSA) is 176 Å². The molecule has 0 unspecified atom stereocenters. The van der Waals surface area contributed by atoms with Crippen molar-refractivity contribution in [1.82, 2.24) is 6.15 Å². The molecule has 0 fully saturated rings. The molecule has 0 aliphatic rings. The summed E-state index contributed by atoms with van der Waals surface area (Å²) in [6.07, 6.45) is 0.775. The standard InChI is InChI=1S/C10H13NO8.H3N.3Na.3H/c1-2-19-10(18)6-11(3-7(12)13,4-8(14)15)5-9(16)17;;;;;;;/h2H,1,3-6H2,(H2-,12,13,14,15,16,17);1H3;;;;;;/q;;3*+1;3*-1. The van der Waals surface area contributed by atoms with Crippen LogP contribution < -0.4 is 99.9 Å². The van der Waals surface area contributed by atoms with Crippen molar-refractivity contribution in [3.8, 4) is 0 Å². The van der Waals surface area contributed by atoms with Gasteiger partial charge in [-0.05, 0) is 0 Å². The molecule has 0 aromatic heterocycles. The SMILES string of the molecule is C=COC(=O)C[N+](CC(=O)[O-])(CC(=O)O)CC(=O)O.N.[H-].[H-].[H-].[Na+].[Na+].[Na+]. The molecule has 0 aromatic rings. The molecule has 0 atom stereocenters. The Bertz CT molecular complexity index is 392. The number of esters is 1. The molecule has 5 N–H and O–H groups in total. The number of ether oxygens (including phenoxy) is 1. The number of carbonyl (C=O) groups is 4. The van der Waals surface area contributed by atoms with E-state index in [1.54, 1.807) is 0 Å². The minimum atomic E-state index is -1.67. The van der Waals surface area contributed by atoms with Crippen LogP contribution in [0.1, 0.15) is 4.28 Å². The molecule has 23 heavy (non-hydrogen) atoms. The van der Waals surface area contributed by atoms with Crippen LogP contribution in [0, 0.1) is 0 Å². The van der Waals surface area contributed by atoms with E-state index >= 15 is 0 Å². The third kappa shape index (κ3) is 17.2. The van der Waals surface area contributed by atoms with Crippen LogP contribution in [0.15, 0.2) is 12.8 Å². The van der Waals surface area contributed by atoms with Crippen LogP contribution in [-0.2, 0) is 23.9 Å². The Kier molecular flexibility index (Phi) is 26.3. The molecule has 0 aliphatic carbocycles. The van der Waals surface area contributed by atoms with E-state index in [4.69, 9.17) is 10.2 Å². The molecule has 0 radical (unpaired) electrons. The van der Waals surface area contributed by atoms with Crippen molar-refractivity contribution in [3.63, 3.8) is 0 Å². The third-order valence-corrected chi connectivity index (χ3v) is 2.09. The minimum Gasteiger partial charge on any atom is -1.00 e. The molecule has 0 amide bonds. The Morgan fingerprint density at radius 3 is 1.65 bits per heavy atom. The average Bonchev–Trinajstić information content (AvgIpc) is 2.12. The van der Waals surface area contributed by atoms with E-state index in [0.717, 1.165) is 6.26 Å². The fraction of sp³-hybridized carbons (Fsp3) is 0.400. The Labute approximate surface area is 203 Å². The molecule has 0 aliphatic heterocycles. The van der Waals surface area contributed by atoms with Gasteiger partial charge in [-0.15, -0.1) is 0 Å². The number of aliphatic carboxylic acids is 3. The number of hydrogen-bond acceptors (Lipinski definition) is 7. The van der Waals surface area contributed by atoms with Gasteiger partial charge in [-0.2, -0.15) is 0 Å². The van der Waals surface area contributed by atoms with Crippen LogP contribution in [-0.4, -0.2) is 64.8 Å². The first-order valence-electron chi connectivity index (χ1n) is 5.00. The maximum atomic E-state index is 11.3. The van der Waals surface area contributed by atoms with Crippen LogP contribution in [0.2, 0.25) is 0 Å². The number of carboxylic acid groups (broad SMARTS) is 3. The molecule has 10 nitrogen and oxygen atoms in total. The van der Waals surface area contributed by atoms with Gasteiger partial charge in [-0.1, -0.05) is 6.58 Å².